The van der Waals surface area contributed by atoms with Crippen molar-refractivity contribution in [3.8, 4) is 0 Å². The lowest BCUT2D eigenvalue weighted by atomic mass is 9.78. The molecule has 0 saturated carbocycles. The first-order valence-corrected chi connectivity index (χ1v) is 9.96. The van der Waals surface area contributed by atoms with Crippen molar-refractivity contribution in [2.45, 2.75) is 51.4 Å². The van der Waals surface area contributed by atoms with Crippen molar-refractivity contribution in [1.29, 1.82) is 0 Å². The van der Waals surface area contributed by atoms with Crippen LogP contribution in [0.2, 0.25) is 0 Å². The maximum absolute atomic E-state index is 13.2. The summed E-state index contributed by atoms with van der Waals surface area (Å²) in [6.45, 7) is 7.68. The molecule has 2 fully saturated rings. The molecule has 0 aliphatic carbocycles. The Kier molecular flexibility index (Phi) is 5.57. The van der Waals surface area contributed by atoms with Crippen LogP contribution in [0.25, 0.3) is 0 Å². The third-order valence-corrected chi connectivity index (χ3v) is 6.51. The third kappa shape index (κ3) is 3.51. The number of ether oxygens (including phenoxy) is 1. The zero-order chi connectivity index (χ0) is 17.2. The molecule has 2 saturated heterocycles. The number of carbonyl (C=O) groups excluding carboxylic acids is 1. The van der Waals surface area contributed by atoms with Crippen molar-refractivity contribution in [1.82, 2.24) is 9.88 Å². The highest BCUT2D eigenvalue weighted by Crippen LogP contribution is 2.36. The highest BCUT2D eigenvalue weighted by Gasteiger charge is 2.42. The summed E-state index contributed by atoms with van der Waals surface area (Å²) in [4.78, 5) is 20.0. The van der Waals surface area contributed by atoms with Gasteiger partial charge in [0.1, 0.15) is 0 Å². The number of nitrogens with two attached hydrogens (primary N) is 1. The first-order valence-electron chi connectivity index (χ1n) is 9.08. The Morgan fingerprint density at radius 1 is 1.50 bits per heavy atom. The fraction of sp³-hybridized carbons (Fsp3) is 0.778. The van der Waals surface area contributed by atoms with Gasteiger partial charge in [-0.3, -0.25) is 4.79 Å². The van der Waals surface area contributed by atoms with Crippen molar-refractivity contribution in [2.24, 2.45) is 11.1 Å². The first kappa shape index (κ1) is 17.8. The van der Waals surface area contributed by atoms with Crippen LogP contribution in [0.5, 0.6) is 0 Å². The normalized spacial score (nSPS) is 24.3. The largest absolute Gasteiger partial charge is 0.381 e. The molecule has 0 bridgehead atoms. The van der Waals surface area contributed by atoms with Gasteiger partial charge >= 0.3 is 0 Å². The monoisotopic (exact) mass is 351 g/mol. The van der Waals surface area contributed by atoms with Crippen molar-refractivity contribution in [3.63, 3.8) is 0 Å². The Bertz CT molecular complexity index is 566. The third-order valence-electron chi connectivity index (χ3n) is 5.48. The predicted molar refractivity (Wildman–Crippen MR) is 96.3 cm³/mol. The van der Waals surface area contributed by atoms with E-state index in [1.165, 1.54) is 10.7 Å². The SMILES string of the molecule is CC(C)c1csc(C2CCCN(C(=O)C3(CN)CCOCC3)C2)n1. The van der Waals surface area contributed by atoms with Gasteiger partial charge in [-0.2, -0.15) is 0 Å². The lowest BCUT2D eigenvalue weighted by Crippen LogP contribution is -2.53. The predicted octanol–water partition coefficient (Wildman–Crippen LogP) is 2.73. The number of hydrogen-bond acceptors (Lipinski definition) is 5. The summed E-state index contributed by atoms with van der Waals surface area (Å²) in [5, 5.41) is 3.35. The number of aromatic nitrogens is 1. The zero-order valence-electron chi connectivity index (χ0n) is 14.8. The van der Waals surface area contributed by atoms with Gasteiger partial charge in [0.25, 0.3) is 0 Å². The van der Waals surface area contributed by atoms with Crippen LogP contribution in [0.3, 0.4) is 0 Å². The highest BCUT2D eigenvalue weighted by atomic mass is 32.1. The second kappa shape index (κ2) is 7.50. The minimum absolute atomic E-state index is 0.235. The molecule has 6 heteroatoms. The minimum atomic E-state index is -0.411. The number of hydrogen-bond donors (Lipinski definition) is 1. The van der Waals surface area contributed by atoms with Crippen LogP contribution in [0.1, 0.15) is 62.1 Å². The summed E-state index contributed by atoms with van der Waals surface area (Å²) in [7, 11) is 0. The van der Waals surface area contributed by atoms with E-state index < -0.39 is 5.41 Å². The van der Waals surface area contributed by atoms with E-state index in [2.05, 4.69) is 19.2 Å². The molecule has 2 aliphatic heterocycles. The molecule has 3 heterocycles. The number of piperidine rings is 1. The molecule has 2 aliphatic rings. The zero-order valence-corrected chi connectivity index (χ0v) is 15.6. The lowest BCUT2D eigenvalue weighted by molar-refractivity contribution is -0.148. The molecule has 24 heavy (non-hydrogen) atoms. The molecule has 1 amide bonds. The van der Waals surface area contributed by atoms with Gasteiger partial charge in [0.2, 0.25) is 5.91 Å². The molecule has 0 spiro atoms. The summed E-state index contributed by atoms with van der Waals surface area (Å²) < 4.78 is 5.45. The van der Waals surface area contributed by atoms with Gasteiger partial charge in [-0.25, -0.2) is 4.98 Å². The van der Waals surface area contributed by atoms with E-state index in [0.29, 0.717) is 31.6 Å². The van der Waals surface area contributed by atoms with Crippen LogP contribution < -0.4 is 5.73 Å². The number of carbonyl (C=O) groups is 1. The van der Waals surface area contributed by atoms with Crippen molar-refractivity contribution >= 4 is 17.2 Å². The average molecular weight is 352 g/mol. The van der Waals surface area contributed by atoms with Crippen LogP contribution in [0, 0.1) is 5.41 Å². The van der Waals surface area contributed by atoms with Gasteiger partial charge in [-0.1, -0.05) is 13.8 Å². The van der Waals surface area contributed by atoms with Crippen molar-refractivity contribution < 1.29 is 9.53 Å². The van der Waals surface area contributed by atoms with E-state index >= 15 is 0 Å². The van der Waals surface area contributed by atoms with E-state index in [0.717, 1.165) is 38.8 Å². The van der Waals surface area contributed by atoms with Crippen LogP contribution in [0.4, 0.5) is 0 Å². The number of nitrogens with zero attached hydrogens (tertiary/aromatic N) is 2. The van der Waals surface area contributed by atoms with Gasteiger partial charge in [-0.15, -0.1) is 11.3 Å². The van der Waals surface area contributed by atoms with Crippen LogP contribution in [-0.4, -0.2) is 48.6 Å². The van der Waals surface area contributed by atoms with E-state index in [-0.39, 0.29) is 5.91 Å². The Labute approximate surface area is 148 Å². The standard InChI is InChI=1S/C18H29N3O2S/c1-13(2)15-11-24-16(20-15)14-4-3-7-21(10-14)17(22)18(12-19)5-8-23-9-6-18/h11,13-14H,3-10,12,19H2,1-2H3. The molecule has 1 unspecified atom stereocenters. The average Bonchev–Trinajstić information content (AvgIpc) is 3.12. The molecule has 5 nitrogen and oxygen atoms in total. The fourth-order valence-electron chi connectivity index (χ4n) is 3.72. The first-order chi connectivity index (χ1) is 11.6. The van der Waals surface area contributed by atoms with Crippen molar-refractivity contribution in [3.05, 3.63) is 16.1 Å². The minimum Gasteiger partial charge on any atom is -0.381 e. The molecule has 134 valence electrons. The lowest BCUT2D eigenvalue weighted by Gasteiger charge is -2.41. The second-order valence-electron chi connectivity index (χ2n) is 7.45. The Hall–Kier alpha value is -0.980. The van der Waals surface area contributed by atoms with Gasteiger partial charge in [0.05, 0.1) is 16.1 Å². The number of rotatable bonds is 4. The Balaban J connectivity index is 1.71. The molecule has 3 rings (SSSR count). The van der Waals surface area contributed by atoms with E-state index in [1.807, 2.05) is 4.90 Å². The fourth-order valence-corrected chi connectivity index (χ4v) is 4.83. The molecule has 0 radical (unpaired) electrons. The molecule has 1 aromatic heterocycles. The second-order valence-corrected chi connectivity index (χ2v) is 8.34. The van der Waals surface area contributed by atoms with Gasteiger partial charge < -0.3 is 15.4 Å². The van der Waals surface area contributed by atoms with Crippen molar-refractivity contribution in [2.75, 3.05) is 32.8 Å². The quantitative estimate of drug-likeness (QED) is 0.905. The van der Waals surface area contributed by atoms with E-state index in [4.69, 9.17) is 15.5 Å². The van der Waals surface area contributed by atoms with Gasteiger partial charge in [-0.05, 0) is 31.6 Å². The van der Waals surface area contributed by atoms with Crippen LogP contribution in [-0.2, 0) is 9.53 Å². The summed E-state index contributed by atoms with van der Waals surface area (Å²) in [5.74, 6) is 1.06. The molecule has 0 aromatic carbocycles. The number of amides is 1. The van der Waals surface area contributed by atoms with Crippen LogP contribution >= 0.6 is 11.3 Å². The number of thiazole rings is 1. The summed E-state index contributed by atoms with van der Waals surface area (Å²) in [6, 6.07) is 0. The maximum atomic E-state index is 13.2. The molecule has 1 atom stereocenters. The van der Waals surface area contributed by atoms with E-state index in [9.17, 15) is 4.79 Å². The van der Waals surface area contributed by atoms with E-state index in [1.54, 1.807) is 11.3 Å². The highest BCUT2D eigenvalue weighted by molar-refractivity contribution is 7.09. The molecular formula is C18H29N3O2S. The molecular weight excluding hydrogens is 322 g/mol. The topological polar surface area (TPSA) is 68.5 Å². The smallest absolute Gasteiger partial charge is 0.230 e. The van der Waals surface area contributed by atoms with Gasteiger partial charge in [0.15, 0.2) is 0 Å². The van der Waals surface area contributed by atoms with Gasteiger partial charge in [0, 0.05) is 44.1 Å². The molecule has 1 aromatic rings. The molecule has 2 N–H and O–H groups in total. The van der Waals surface area contributed by atoms with Crippen LogP contribution in [0.15, 0.2) is 5.38 Å². The summed E-state index contributed by atoms with van der Waals surface area (Å²) >= 11 is 1.74. The number of likely N-dealkylation sites (tertiary alicyclic amines) is 1. The summed E-state index contributed by atoms with van der Waals surface area (Å²) in [5.41, 5.74) is 6.77. The maximum Gasteiger partial charge on any atom is 0.230 e. The Morgan fingerprint density at radius 3 is 2.88 bits per heavy atom. The Morgan fingerprint density at radius 2 is 2.25 bits per heavy atom. The summed E-state index contributed by atoms with van der Waals surface area (Å²) in [6.07, 6.45) is 3.66.